The van der Waals surface area contributed by atoms with Crippen molar-refractivity contribution in [1.29, 1.82) is 0 Å². The van der Waals surface area contributed by atoms with Gasteiger partial charge in [-0.3, -0.25) is 4.79 Å². The van der Waals surface area contributed by atoms with Crippen molar-refractivity contribution in [3.05, 3.63) is 70.9 Å². The van der Waals surface area contributed by atoms with Crippen LogP contribution in [0.2, 0.25) is 5.02 Å². The van der Waals surface area contributed by atoms with E-state index in [9.17, 15) is 13.2 Å². The van der Waals surface area contributed by atoms with Crippen LogP contribution in [-0.4, -0.2) is 42.5 Å². The van der Waals surface area contributed by atoms with Gasteiger partial charge in [0.2, 0.25) is 20.9 Å². The average Bonchev–Trinajstić information content (AvgIpc) is 3.43. The lowest BCUT2D eigenvalue weighted by molar-refractivity contribution is -0.133. The molecule has 2 heterocycles. The Bertz CT molecular complexity index is 1190. The summed E-state index contributed by atoms with van der Waals surface area (Å²) in [5.74, 6) is 0.493. The second-order valence-electron chi connectivity index (χ2n) is 8.45. The lowest BCUT2D eigenvalue weighted by atomic mass is 10.1. The molecule has 1 aromatic carbocycles. The monoisotopic (exact) mass is 507 g/mol. The van der Waals surface area contributed by atoms with Gasteiger partial charge in [0.05, 0.1) is 43.6 Å². The van der Waals surface area contributed by atoms with Crippen LogP contribution in [0.5, 0.6) is 0 Å². The summed E-state index contributed by atoms with van der Waals surface area (Å²) in [6.45, 7) is 4.97. The summed E-state index contributed by atoms with van der Waals surface area (Å²) >= 11 is 6.19. The molecule has 0 saturated carbocycles. The number of amides is 1. The van der Waals surface area contributed by atoms with Crippen molar-refractivity contribution in [1.82, 2.24) is 14.5 Å². The number of methoxy groups -OCH3 is 1. The maximum atomic E-state index is 13.3. The first-order valence-electron chi connectivity index (χ1n) is 11.0. The molecule has 10 heteroatoms. The van der Waals surface area contributed by atoms with E-state index in [0.717, 1.165) is 0 Å². The smallest absolute Gasteiger partial charge is 0.228 e. The predicted octanol–water partition coefficient (Wildman–Crippen LogP) is 4.32. The minimum Gasteiger partial charge on any atom is -0.467 e. The fourth-order valence-electron chi connectivity index (χ4n) is 3.57. The summed E-state index contributed by atoms with van der Waals surface area (Å²) in [7, 11) is -2.27. The lowest BCUT2D eigenvalue weighted by Crippen LogP contribution is -2.32. The van der Waals surface area contributed by atoms with E-state index in [-0.39, 0.29) is 49.0 Å². The van der Waals surface area contributed by atoms with E-state index in [2.05, 4.69) is 4.98 Å². The van der Waals surface area contributed by atoms with E-state index in [1.54, 1.807) is 59.2 Å². The highest BCUT2D eigenvalue weighted by Crippen LogP contribution is 2.23. The normalized spacial score (nSPS) is 11.8. The summed E-state index contributed by atoms with van der Waals surface area (Å²) in [5, 5.41) is 0.305. The van der Waals surface area contributed by atoms with E-state index in [1.807, 2.05) is 13.8 Å². The molecule has 2 aromatic heterocycles. The Morgan fingerprint density at radius 3 is 2.62 bits per heavy atom. The Hall–Kier alpha value is -2.62. The van der Waals surface area contributed by atoms with Gasteiger partial charge >= 0.3 is 0 Å². The Kier molecular flexibility index (Phi) is 8.93. The van der Waals surface area contributed by atoms with Gasteiger partial charge in [0, 0.05) is 25.1 Å². The molecule has 3 aromatic rings. The van der Waals surface area contributed by atoms with Gasteiger partial charge in [-0.15, -0.1) is 0 Å². The molecule has 34 heavy (non-hydrogen) atoms. The molecule has 184 valence electrons. The molecule has 0 atom stereocenters. The fourth-order valence-corrected chi connectivity index (χ4v) is 5.40. The third kappa shape index (κ3) is 6.71. The summed E-state index contributed by atoms with van der Waals surface area (Å²) < 4.78 is 38.8. The van der Waals surface area contributed by atoms with Crippen LogP contribution >= 0.6 is 11.6 Å². The minimum atomic E-state index is -3.81. The van der Waals surface area contributed by atoms with Gasteiger partial charge in [-0.25, -0.2) is 13.4 Å². The Labute approximate surface area is 205 Å². The third-order valence-electron chi connectivity index (χ3n) is 5.22. The molecule has 0 aliphatic heterocycles. The first-order chi connectivity index (χ1) is 16.2. The van der Waals surface area contributed by atoms with Gasteiger partial charge in [-0.1, -0.05) is 43.6 Å². The highest BCUT2D eigenvalue weighted by molar-refractivity contribution is 7.90. The van der Waals surface area contributed by atoms with E-state index < -0.39 is 9.84 Å². The lowest BCUT2D eigenvalue weighted by Gasteiger charge is -2.23. The molecule has 3 rings (SSSR count). The van der Waals surface area contributed by atoms with Crippen LogP contribution in [-0.2, 0) is 44.8 Å². The molecule has 0 bridgehead atoms. The number of furan rings is 1. The maximum Gasteiger partial charge on any atom is 0.228 e. The summed E-state index contributed by atoms with van der Waals surface area (Å²) in [4.78, 5) is 18.9. The number of carbonyl (C=O) groups excluding carboxylic acids is 1. The first-order valence-corrected chi connectivity index (χ1v) is 13.0. The van der Waals surface area contributed by atoms with Crippen LogP contribution in [0.3, 0.4) is 0 Å². The Morgan fingerprint density at radius 1 is 1.21 bits per heavy atom. The first kappa shape index (κ1) is 26.0. The number of imidazole rings is 1. The average molecular weight is 508 g/mol. The molecule has 0 saturated heterocycles. The molecule has 0 N–H and O–H groups in total. The second kappa shape index (κ2) is 11.7. The number of rotatable bonds is 12. The number of aromatic nitrogens is 2. The molecular weight excluding hydrogens is 478 g/mol. The zero-order valence-corrected chi connectivity index (χ0v) is 21.2. The van der Waals surface area contributed by atoms with E-state index in [1.165, 1.54) is 6.20 Å². The SMILES string of the molecule is COCCn1c(CN(Cc2ccco2)C(=O)CC(C)C)cnc1S(=O)(=O)Cc1ccccc1Cl. The topological polar surface area (TPSA) is 94.6 Å². The molecular formula is C24H30ClN3O5S. The molecule has 0 radical (unpaired) electrons. The van der Waals surface area contributed by atoms with Crippen LogP contribution in [0.15, 0.2) is 58.4 Å². The summed E-state index contributed by atoms with van der Waals surface area (Å²) in [6.07, 6.45) is 3.43. The van der Waals surface area contributed by atoms with E-state index in [0.29, 0.717) is 28.5 Å². The van der Waals surface area contributed by atoms with Crippen LogP contribution in [0.4, 0.5) is 0 Å². The van der Waals surface area contributed by atoms with Crippen molar-refractivity contribution in [2.24, 2.45) is 5.92 Å². The predicted molar refractivity (Wildman–Crippen MR) is 129 cm³/mol. The zero-order chi connectivity index (χ0) is 24.7. The van der Waals surface area contributed by atoms with E-state index >= 15 is 0 Å². The Morgan fingerprint density at radius 2 is 1.97 bits per heavy atom. The number of hydrogen-bond donors (Lipinski definition) is 0. The van der Waals surface area contributed by atoms with Gasteiger partial charge in [0.1, 0.15) is 5.76 Å². The largest absolute Gasteiger partial charge is 0.467 e. The summed E-state index contributed by atoms with van der Waals surface area (Å²) in [6, 6.07) is 10.4. The molecule has 0 aliphatic rings. The van der Waals surface area contributed by atoms with Crippen molar-refractivity contribution in [3.63, 3.8) is 0 Å². The van der Waals surface area contributed by atoms with E-state index in [4.69, 9.17) is 20.8 Å². The third-order valence-corrected chi connectivity index (χ3v) is 7.16. The Balaban J connectivity index is 1.93. The van der Waals surface area contributed by atoms with Crippen molar-refractivity contribution in [2.45, 2.75) is 50.8 Å². The van der Waals surface area contributed by atoms with Gasteiger partial charge < -0.3 is 18.6 Å². The maximum absolute atomic E-state index is 13.3. The fraction of sp³-hybridized carbons (Fsp3) is 0.417. The van der Waals surface area contributed by atoms with Crippen molar-refractivity contribution in [3.8, 4) is 0 Å². The number of nitrogens with zero attached hydrogens (tertiary/aromatic N) is 3. The molecule has 1 amide bonds. The van der Waals surface area contributed by atoms with Crippen molar-refractivity contribution >= 4 is 27.3 Å². The number of halogens is 1. The molecule has 0 unspecified atom stereocenters. The van der Waals surface area contributed by atoms with Gasteiger partial charge in [0.25, 0.3) is 0 Å². The standard InChI is InChI=1S/C24H30ClN3O5S/c1-18(2)13-23(29)27(16-21-8-6-11-33-21)15-20-14-26-24(28(20)10-12-32-3)34(30,31)17-19-7-4-5-9-22(19)25/h4-9,11,14,18H,10,12-13,15-17H2,1-3H3. The number of sulfone groups is 1. The molecule has 0 fully saturated rings. The summed E-state index contributed by atoms with van der Waals surface area (Å²) in [5.41, 5.74) is 1.09. The van der Waals surface area contributed by atoms with Crippen LogP contribution in [0, 0.1) is 5.92 Å². The van der Waals surface area contributed by atoms with Crippen LogP contribution in [0.25, 0.3) is 0 Å². The second-order valence-corrected chi connectivity index (χ2v) is 10.7. The quantitative estimate of drug-likeness (QED) is 0.362. The molecule has 0 spiro atoms. The van der Waals surface area contributed by atoms with Gasteiger partial charge in [0.15, 0.2) is 0 Å². The molecule has 8 nitrogen and oxygen atoms in total. The highest BCUT2D eigenvalue weighted by Gasteiger charge is 2.26. The van der Waals surface area contributed by atoms with Crippen LogP contribution < -0.4 is 0 Å². The number of benzene rings is 1. The highest BCUT2D eigenvalue weighted by atomic mass is 35.5. The van der Waals surface area contributed by atoms with Crippen LogP contribution in [0.1, 0.15) is 37.3 Å². The number of hydrogen-bond acceptors (Lipinski definition) is 6. The zero-order valence-electron chi connectivity index (χ0n) is 19.6. The number of carbonyl (C=O) groups is 1. The van der Waals surface area contributed by atoms with Gasteiger partial charge in [-0.05, 0) is 29.7 Å². The van der Waals surface area contributed by atoms with Crippen molar-refractivity contribution < 1.29 is 22.4 Å². The minimum absolute atomic E-state index is 0.0497. The van der Waals surface area contributed by atoms with Crippen molar-refractivity contribution in [2.75, 3.05) is 13.7 Å². The molecule has 0 aliphatic carbocycles. The van der Waals surface area contributed by atoms with Gasteiger partial charge in [-0.2, -0.15) is 0 Å². The number of ether oxygens (including phenoxy) is 1.